The SMILES string of the molecule is CC(C)CC(=O)N[C@@H](CCCN=C(N)N)C(=O)N[C@@H](Cc1c[nH]c2ccccc12)C(=O)N[C@@H](Cc1ccccc1)C(=O)Nc1ccccc1. The van der Waals surface area contributed by atoms with Gasteiger partial charge in [0.05, 0.1) is 0 Å². The molecule has 0 unspecified atom stereocenters. The van der Waals surface area contributed by atoms with Crippen molar-refractivity contribution in [1.29, 1.82) is 0 Å². The predicted octanol–water partition coefficient (Wildman–Crippen LogP) is 3.15. The van der Waals surface area contributed by atoms with Crippen LogP contribution in [0.2, 0.25) is 0 Å². The van der Waals surface area contributed by atoms with Crippen LogP contribution in [0.5, 0.6) is 0 Å². The molecule has 0 spiro atoms. The number of nitrogens with two attached hydrogens (primary N) is 2. The van der Waals surface area contributed by atoms with Gasteiger partial charge in [0, 0.05) is 48.6 Å². The molecule has 3 aromatic carbocycles. The second-order valence-electron chi connectivity index (χ2n) is 12.4. The summed E-state index contributed by atoms with van der Waals surface area (Å²) in [4.78, 5) is 61.6. The second kappa shape index (κ2) is 18.0. The number of aromatic nitrogens is 1. The highest BCUT2D eigenvalue weighted by molar-refractivity contribution is 5.99. The molecule has 9 N–H and O–H groups in total. The maximum absolute atomic E-state index is 14.2. The van der Waals surface area contributed by atoms with E-state index in [4.69, 9.17) is 11.5 Å². The smallest absolute Gasteiger partial charge is 0.247 e. The van der Waals surface area contributed by atoms with Gasteiger partial charge in [-0.05, 0) is 48.1 Å². The summed E-state index contributed by atoms with van der Waals surface area (Å²) < 4.78 is 0. The topological polar surface area (TPSA) is 197 Å². The lowest BCUT2D eigenvalue weighted by Gasteiger charge is -2.26. The number of H-pyrrole nitrogens is 1. The van der Waals surface area contributed by atoms with Gasteiger partial charge in [-0.15, -0.1) is 0 Å². The van der Waals surface area contributed by atoms with Gasteiger partial charge < -0.3 is 37.7 Å². The number of aliphatic imine (C=N–C) groups is 1. The highest BCUT2D eigenvalue weighted by Gasteiger charge is 2.31. The molecular formula is C37H46N8O4. The third-order valence-electron chi connectivity index (χ3n) is 7.88. The van der Waals surface area contributed by atoms with Crippen LogP contribution in [0.1, 0.15) is 44.2 Å². The van der Waals surface area contributed by atoms with Crippen molar-refractivity contribution in [1.82, 2.24) is 20.9 Å². The van der Waals surface area contributed by atoms with Gasteiger partial charge in [0.1, 0.15) is 18.1 Å². The Kier molecular flexibility index (Phi) is 13.3. The molecule has 0 aliphatic carbocycles. The van der Waals surface area contributed by atoms with Crippen molar-refractivity contribution in [2.24, 2.45) is 22.4 Å². The van der Waals surface area contributed by atoms with E-state index in [-0.39, 0.29) is 50.0 Å². The Morgan fingerprint density at radius 2 is 1.35 bits per heavy atom. The number of fused-ring (bicyclic) bond motifs is 1. The number of para-hydroxylation sites is 2. The van der Waals surface area contributed by atoms with Crippen LogP contribution >= 0.6 is 0 Å². The third kappa shape index (κ3) is 11.5. The van der Waals surface area contributed by atoms with E-state index in [1.54, 1.807) is 30.5 Å². The second-order valence-corrected chi connectivity index (χ2v) is 12.4. The lowest BCUT2D eigenvalue weighted by atomic mass is 10.0. The van der Waals surface area contributed by atoms with Gasteiger partial charge in [-0.2, -0.15) is 0 Å². The number of rotatable bonds is 17. The summed E-state index contributed by atoms with van der Waals surface area (Å²) in [7, 11) is 0. The van der Waals surface area contributed by atoms with Gasteiger partial charge >= 0.3 is 0 Å². The molecule has 0 bridgehead atoms. The Morgan fingerprint density at radius 1 is 0.735 bits per heavy atom. The Morgan fingerprint density at radius 3 is 2.02 bits per heavy atom. The molecule has 1 aromatic heterocycles. The van der Waals surface area contributed by atoms with E-state index in [2.05, 4.69) is 31.2 Å². The monoisotopic (exact) mass is 666 g/mol. The quantitative estimate of drug-likeness (QED) is 0.0513. The highest BCUT2D eigenvalue weighted by Crippen LogP contribution is 2.20. The van der Waals surface area contributed by atoms with Crippen LogP contribution in [0.4, 0.5) is 5.69 Å². The van der Waals surface area contributed by atoms with Crippen molar-refractivity contribution in [2.45, 2.75) is 64.1 Å². The summed E-state index contributed by atoms with van der Waals surface area (Å²) >= 11 is 0. The first kappa shape index (κ1) is 36.2. The molecule has 0 saturated carbocycles. The van der Waals surface area contributed by atoms with Gasteiger partial charge in [0.2, 0.25) is 23.6 Å². The molecular weight excluding hydrogens is 620 g/mol. The van der Waals surface area contributed by atoms with Gasteiger partial charge in [-0.3, -0.25) is 24.2 Å². The van der Waals surface area contributed by atoms with Crippen LogP contribution in [-0.2, 0) is 32.0 Å². The normalized spacial score (nSPS) is 12.8. The number of nitrogens with one attached hydrogen (secondary N) is 5. The van der Waals surface area contributed by atoms with Crippen molar-refractivity contribution in [3.8, 4) is 0 Å². The number of hydrogen-bond acceptors (Lipinski definition) is 5. The van der Waals surface area contributed by atoms with E-state index < -0.39 is 35.8 Å². The zero-order valence-corrected chi connectivity index (χ0v) is 27.9. The molecule has 0 fully saturated rings. The van der Waals surface area contributed by atoms with E-state index in [0.29, 0.717) is 12.1 Å². The number of nitrogens with zero attached hydrogens (tertiary/aromatic N) is 1. The maximum Gasteiger partial charge on any atom is 0.247 e. The van der Waals surface area contributed by atoms with Crippen molar-refractivity contribution < 1.29 is 19.2 Å². The zero-order chi connectivity index (χ0) is 35.2. The molecule has 0 radical (unpaired) electrons. The summed E-state index contributed by atoms with van der Waals surface area (Å²) in [5.74, 6) is -1.75. The van der Waals surface area contributed by atoms with E-state index in [1.165, 1.54) is 0 Å². The van der Waals surface area contributed by atoms with Gasteiger partial charge in [-0.25, -0.2) is 0 Å². The third-order valence-corrected chi connectivity index (χ3v) is 7.88. The molecule has 49 heavy (non-hydrogen) atoms. The lowest BCUT2D eigenvalue weighted by molar-refractivity contribution is -0.133. The van der Waals surface area contributed by atoms with Crippen molar-refractivity contribution in [2.75, 3.05) is 11.9 Å². The van der Waals surface area contributed by atoms with Crippen LogP contribution in [0.3, 0.4) is 0 Å². The van der Waals surface area contributed by atoms with Gasteiger partial charge in [0.15, 0.2) is 5.96 Å². The molecule has 0 aliphatic rings. The molecule has 4 amide bonds. The molecule has 4 aromatic rings. The van der Waals surface area contributed by atoms with E-state index >= 15 is 0 Å². The summed E-state index contributed by atoms with van der Waals surface area (Å²) in [6, 6.07) is 23.0. The van der Waals surface area contributed by atoms with Crippen molar-refractivity contribution >= 4 is 46.2 Å². The number of carbonyl (C=O) groups is 4. The van der Waals surface area contributed by atoms with Crippen molar-refractivity contribution in [3.63, 3.8) is 0 Å². The fourth-order valence-electron chi connectivity index (χ4n) is 5.48. The number of carbonyl (C=O) groups excluding carboxylic acids is 4. The minimum absolute atomic E-state index is 0.0679. The molecule has 12 nitrogen and oxygen atoms in total. The van der Waals surface area contributed by atoms with Gasteiger partial charge in [-0.1, -0.05) is 80.6 Å². The largest absolute Gasteiger partial charge is 0.370 e. The van der Waals surface area contributed by atoms with Crippen LogP contribution in [0.25, 0.3) is 10.9 Å². The average molecular weight is 667 g/mol. The van der Waals surface area contributed by atoms with E-state index in [0.717, 1.165) is 22.0 Å². The minimum atomic E-state index is -1.09. The number of guanidine groups is 1. The Bertz CT molecular complexity index is 1720. The highest BCUT2D eigenvalue weighted by atomic mass is 16.2. The predicted molar refractivity (Wildman–Crippen MR) is 192 cm³/mol. The van der Waals surface area contributed by atoms with Crippen LogP contribution in [0, 0.1) is 5.92 Å². The Hall–Kier alpha value is -5.65. The van der Waals surface area contributed by atoms with E-state index in [9.17, 15) is 19.2 Å². The zero-order valence-electron chi connectivity index (χ0n) is 27.9. The molecule has 4 rings (SSSR count). The van der Waals surface area contributed by atoms with Crippen LogP contribution in [-0.4, -0.2) is 59.2 Å². The number of benzene rings is 3. The Balaban J connectivity index is 1.61. The fraction of sp³-hybridized carbons (Fsp3) is 0.324. The first-order valence-electron chi connectivity index (χ1n) is 16.5. The standard InChI is InChI=1S/C37H46N8O4/c1-24(2)20-33(46)43-30(18-11-19-40-37(38)39)34(47)45-32(22-26-23-41-29-17-10-9-16-28(26)29)36(49)44-31(21-25-12-5-3-6-13-25)35(48)42-27-14-7-4-8-15-27/h3-10,12-17,23-24,30-32,41H,11,18-22H2,1-2H3,(H,42,48)(H,43,46)(H,44,49)(H,45,47)(H4,38,39,40)/t30-,31-,32-/m0/s1. The first-order chi connectivity index (χ1) is 23.6. The van der Waals surface area contributed by atoms with Gasteiger partial charge in [0.25, 0.3) is 0 Å². The lowest BCUT2D eigenvalue weighted by Crippen LogP contribution is -2.57. The molecule has 258 valence electrons. The first-order valence-corrected chi connectivity index (χ1v) is 16.5. The summed E-state index contributed by atoms with van der Waals surface area (Å²) in [5.41, 5.74) is 14.0. The maximum atomic E-state index is 14.2. The average Bonchev–Trinajstić information content (AvgIpc) is 3.48. The molecule has 0 saturated heterocycles. The van der Waals surface area contributed by atoms with Crippen LogP contribution < -0.4 is 32.7 Å². The molecule has 0 aliphatic heterocycles. The van der Waals surface area contributed by atoms with E-state index in [1.807, 2.05) is 74.5 Å². The number of hydrogen-bond donors (Lipinski definition) is 7. The number of amides is 4. The fourth-order valence-corrected chi connectivity index (χ4v) is 5.48. The van der Waals surface area contributed by atoms with Crippen molar-refractivity contribution in [3.05, 3.63) is 102 Å². The van der Waals surface area contributed by atoms with Crippen LogP contribution in [0.15, 0.2) is 96.1 Å². The summed E-state index contributed by atoms with van der Waals surface area (Å²) in [6.45, 7) is 4.09. The number of anilines is 1. The Labute approximate surface area is 286 Å². The number of aromatic amines is 1. The minimum Gasteiger partial charge on any atom is -0.370 e. The molecule has 12 heteroatoms. The summed E-state index contributed by atoms with van der Waals surface area (Å²) in [5, 5.41) is 12.4. The molecule has 1 heterocycles. The molecule has 3 atom stereocenters. The summed E-state index contributed by atoms with van der Waals surface area (Å²) in [6.07, 6.45) is 3.03.